The summed E-state index contributed by atoms with van der Waals surface area (Å²) in [5.74, 6) is 0.415. The van der Waals surface area contributed by atoms with E-state index < -0.39 is 0 Å². The molecule has 4 heteroatoms. The molecule has 4 aliphatic rings. The first-order chi connectivity index (χ1) is 11.7. The number of benzene rings is 1. The standard InChI is InChI=1S/C20H28N2O2/c23-19(24-20-10-13-22(14-11-20)15-12-20)21-18-9-5-4-8-17(18)16-6-2-1-3-7-16/h1-3,6-7,17-18H,4-5,8-15H2,(H,21,23)/t17?,18-/m1/s1. The number of hydrogen-bond donors (Lipinski definition) is 1. The number of piperidine rings is 3. The Morgan fingerprint density at radius 2 is 1.71 bits per heavy atom. The molecule has 4 fully saturated rings. The van der Waals surface area contributed by atoms with E-state index in [0.29, 0.717) is 5.92 Å². The maximum Gasteiger partial charge on any atom is 0.407 e. The van der Waals surface area contributed by atoms with Gasteiger partial charge in [0.15, 0.2) is 0 Å². The molecular formula is C20H28N2O2. The number of amides is 1. The fourth-order valence-corrected chi connectivity index (χ4v) is 4.73. The predicted octanol–water partition coefficient (Wildman–Crippen LogP) is 3.68. The van der Waals surface area contributed by atoms with E-state index in [4.69, 9.17) is 4.74 Å². The van der Waals surface area contributed by atoms with Crippen LogP contribution in [0.1, 0.15) is 56.4 Å². The molecule has 1 N–H and O–H groups in total. The number of hydrogen-bond acceptors (Lipinski definition) is 3. The number of rotatable bonds is 3. The van der Waals surface area contributed by atoms with Gasteiger partial charge in [0.1, 0.15) is 5.60 Å². The highest BCUT2D eigenvalue weighted by Gasteiger charge is 2.43. The summed E-state index contributed by atoms with van der Waals surface area (Å²) >= 11 is 0. The first-order valence-electron chi connectivity index (χ1n) is 9.51. The minimum Gasteiger partial charge on any atom is -0.443 e. The van der Waals surface area contributed by atoms with Crippen molar-refractivity contribution in [2.75, 3.05) is 19.6 Å². The predicted molar refractivity (Wildman–Crippen MR) is 94.1 cm³/mol. The number of carbonyl (C=O) groups is 1. The van der Waals surface area contributed by atoms with Crippen LogP contribution in [0.5, 0.6) is 0 Å². The van der Waals surface area contributed by atoms with Gasteiger partial charge in [-0.1, -0.05) is 43.2 Å². The van der Waals surface area contributed by atoms with Gasteiger partial charge in [-0.05, 0) is 18.4 Å². The maximum absolute atomic E-state index is 12.6. The van der Waals surface area contributed by atoms with Crippen LogP contribution in [0.15, 0.2) is 30.3 Å². The molecule has 2 atom stereocenters. The number of nitrogens with one attached hydrogen (secondary N) is 1. The topological polar surface area (TPSA) is 41.6 Å². The molecule has 24 heavy (non-hydrogen) atoms. The summed E-state index contributed by atoms with van der Waals surface area (Å²) in [6, 6.07) is 10.8. The van der Waals surface area contributed by atoms with Crippen LogP contribution in [-0.4, -0.2) is 42.3 Å². The molecule has 0 radical (unpaired) electrons. The number of alkyl carbamates (subject to hydrolysis) is 1. The van der Waals surface area contributed by atoms with E-state index >= 15 is 0 Å². The van der Waals surface area contributed by atoms with Crippen molar-refractivity contribution in [3.63, 3.8) is 0 Å². The van der Waals surface area contributed by atoms with Crippen molar-refractivity contribution in [2.45, 2.75) is 62.5 Å². The van der Waals surface area contributed by atoms with Gasteiger partial charge < -0.3 is 15.0 Å². The third-order valence-electron chi connectivity index (χ3n) is 6.26. The molecule has 1 aliphatic carbocycles. The summed E-state index contributed by atoms with van der Waals surface area (Å²) in [5.41, 5.74) is 1.14. The lowest BCUT2D eigenvalue weighted by molar-refractivity contribution is -0.0794. The fraction of sp³-hybridized carbons (Fsp3) is 0.650. The van der Waals surface area contributed by atoms with Gasteiger partial charge >= 0.3 is 6.09 Å². The van der Waals surface area contributed by atoms with Crippen molar-refractivity contribution in [1.82, 2.24) is 10.2 Å². The number of ether oxygens (including phenoxy) is 1. The van der Waals surface area contributed by atoms with Crippen molar-refractivity contribution in [1.29, 1.82) is 0 Å². The summed E-state index contributed by atoms with van der Waals surface area (Å²) in [6.45, 7) is 3.22. The second-order valence-corrected chi connectivity index (χ2v) is 7.72. The van der Waals surface area contributed by atoms with Gasteiger partial charge in [-0.3, -0.25) is 0 Å². The van der Waals surface area contributed by atoms with Crippen molar-refractivity contribution in [3.05, 3.63) is 35.9 Å². The summed E-state index contributed by atoms with van der Waals surface area (Å²) in [4.78, 5) is 15.1. The second kappa shape index (κ2) is 6.75. The van der Waals surface area contributed by atoms with Gasteiger partial charge in [0.25, 0.3) is 0 Å². The van der Waals surface area contributed by atoms with E-state index in [-0.39, 0.29) is 17.7 Å². The van der Waals surface area contributed by atoms with E-state index in [1.54, 1.807) is 0 Å². The van der Waals surface area contributed by atoms with Crippen molar-refractivity contribution in [2.24, 2.45) is 0 Å². The molecule has 0 spiro atoms. The Hall–Kier alpha value is -1.55. The highest BCUT2D eigenvalue weighted by Crippen LogP contribution is 2.36. The zero-order valence-corrected chi connectivity index (χ0v) is 14.4. The number of carbonyl (C=O) groups excluding carboxylic acids is 1. The molecule has 0 aromatic heterocycles. The highest BCUT2D eigenvalue weighted by atomic mass is 16.6. The molecule has 130 valence electrons. The van der Waals surface area contributed by atoms with Gasteiger partial charge in [0.2, 0.25) is 0 Å². The molecule has 3 aliphatic heterocycles. The maximum atomic E-state index is 12.6. The van der Waals surface area contributed by atoms with E-state index in [1.807, 2.05) is 0 Å². The molecule has 1 amide bonds. The Morgan fingerprint density at radius 1 is 1.04 bits per heavy atom. The Kier molecular flexibility index (Phi) is 4.49. The van der Waals surface area contributed by atoms with Crippen LogP contribution in [0, 0.1) is 0 Å². The smallest absolute Gasteiger partial charge is 0.407 e. The minimum atomic E-state index is -0.199. The van der Waals surface area contributed by atoms with E-state index in [2.05, 4.69) is 40.5 Å². The summed E-state index contributed by atoms with van der Waals surface area (Å²) in [6.07, 6.45) is 7.41. The number of nitrogens with zero attached hydrogens (tertiary/aromatic N) is 1. The molecular weight excluding hydrogens is 300 g/mol. The molecule has 1 aromatic rings. The molecule has 5 rings (SSSR count). The average Bonchev–Trinajstić information content (AvgIpc) is 2.64. The van der Waals surface area contributed by atoms with Crippen LogP contribution >= 0.6 is 0 Å². The molecule has 1 aromatic carbocycles. The molecule has 1 unspecified atom stereocenters. The first-order valence-corrected chi connectivity index (χ1v) is 9.51. The normalized spacial score (nSPS) is 35.4. The highest BCUT2D eigenvalue weighted by molar-refractivity contribution is 5.68. The van der Waals surface area contributed by atoms with E-state index in [9.17, 15) is 4.79 Å². The zero-order chi connectivity index (χ0) is 16.4. The molecule has 1 saturated carbocycles. The molecule has 3 saturated heterocycles. The lowest BCUT2D eigenvalue weighted by Gasteiger charge is -2.47. The largest absolute Gasteiger partial charge is 0.443 e. The van der Waals surface area contributed by atoms with Crippen LogP contribution in [0.25, 0.3) is 0 Å². The Balaban J connectivity index is 1.40. The Morgan fingerprint density at radius 3 is 2.42 bits per heavy atom. The quantitative estimate of drug-likeness (QED) is 0.920. The summed E-state index contributed by atoms with van der Waals surface area (Å²) in [7, 11) is 0. The van der Waals surface area contributed by atoms with Crippen LogP contribution in [0.2, 0.25) is 0 Å². The van der Waals surface area contributed by atoms with Gasteiger partial charge in [0.05, 0.1) is 0 Å². The van der Waals surface area contributed by atoms with Gasteiger partial charge in [0, 0.05) is 50.9 Å². The third-order valence-corrected chi connectivity index (χ3v) is 6.26. The van der Waals surface area contributed by atoms with Crippen molar-refractivity contribution in [3.8, 4) is 0 Å². The SMILES string of the molecule is O=C(N[C@@H]1CCCCC1c1ccccc1)OC12CCN(CC1)CC2. The van der Waals surface area contributed by atoms with Crippen molar-refractivity contribution < 1.29 is 9.53 Å². The summed E-state index contributed by atoms with van der Waals surface area (Å²) < 4.78 is 5.98. The summed E-state index contributed by atoms with van der Waals surface area (Å²) in [5, 5.41) is 3.22. The van der Waals surface area contributed by atoms with Gasteiger partial charge in [-0.15, -0.1) is 0 Å². The van der Waals surface area contributed by atoms with Gasteiger partial charge in [-0.2, -0.15) is 0 Å². The molecule has 4 nitrogen and oxygen atoms in total. The average molecular weight is 328 g/mol. The Bertz CT molecular complexity index is 552. The second-order valence-electron chi connectivity index (χ2n) is 7.72. The molecule has 2 bridgehead atoms. The fourth-order valence-electron chi connectivity index (χ4n) is 4.73. The van der Waals surface area contributed by atoms with Crippen LogP contribution in [0.4, 0.5) is 4.79 Å². The van der Waals surface area contributed by atoms with Crippen LogP contribution in [-0.2, 0) is 4.74 Å². The van der Waals surface area contributed by atoms with E-state index in [0.717, 1.165) is 51.7 Å². The minimum absolute atomic E-state index is 0.196. The lowest BCUT2D eigenvalue weighted by Crippen LogP contribution is -2.56. The zero-order valence-electron chi connectivity index (χ0n) is 14.4. The number of fused-ring (bicyclic) bond motifs is 3. The van der Waals surface area contributed by atoms with Crippen molar-refractivity contribution >= 4 is 6.09 Å². The monoisotopic (exact) mass is 328 g/mol. The lowest BCUT2D eigenvalue weighted by atomic mass is 9.80. The first kappa shape index (κ1) is 15.9. The Labute approximate surface area is 144 Å². The van der Waals surface area contributed by atoms with Crippen LogP contribution < -0.4 is 5.32 Å². The van der Waals surface area contributed by atoms with Crippen LogP contribution in [0.3, 0.4) is 0 Å². The third kappa shape index (κ3) is 3.30. The molecule has 3 heterocycles. The van der Waals surface area contributed by atoms with E-state index in [1.165, 1.54) is 18.4 Å². The van der Waals surface area contributed by atoms with Gasteiger partial charge in [-0.25, -0.2) is 4.79 Å².